The first kappa shape index (κ1) is 22.9. The topological polar surface area (TPSA) is 59.0 Å². The molecule has 5 nitrogen and oxygen atoms in total. The molecule has 0 atom stereocenters. The van der Waals surface area contributed by atoms with Crippen molar-refractivity contribution in [1.82, 2.24) is 4.90 Å². The lowest BCUT2D eigenvalue weighted by Crippen LogP contribution is -2.20. The number of rotatable bonds is 11. The van der Waals surface area contributed by atoms with Gasteiger partial charge in [0.25, 0.3) is 0 Å². The lowest BCUT2D eigenvalue weighted by molar-refractivity contribution is -0.109. The molecule has 158 valence electrons. The van der Waals surface area contributed by atoms with Crippen molar-refractivity contribution >= 4 is 23.0 Å². The lowest BCUT2D eigenvalue weighted by atomic mass is 10.1. The van der Waals surface area contributed by atoms with Crippen LogP contribution in [0.3, 0.4) is 0 Å². The van der Waals surface area contributed by atoms with Gasteiger partial charge in [-0.2, -0.15) is 0 Å². The number of unbranched alkanes of at least 4 members (excludes halogenated alkanes) is 3. The monoisotopic (exact) mass is 417 g/mol. The number of phenols is 1. The fraction of sp³-hybridized carbons (Fsp3) is 0.435. The van der Waals surface area contributed by atoms with Gasteiger partial charge in [-0.3, -0.25) is 4.79 Å². The summed E-state index contributed by atoms with van der Waals surface area (Å²) in [5, 5.41) is 10.2. The van der Waals surface area contributed by atoms with E-state index in [2.05, 4.69) is 23.3 Å². The first-order valence-electron chi connectivity index (χ1n) is 9.92. The highest BCUT2D eigenvalue weighted by Crippen LogP contribution is 2.37. The Morgan fingerprint density at radius 3 is 2.41 bits per heavy atom. The summed E-state index contributed by atoms with van der Waals surface area (Å²) >= 11 is 1.42. The zero-order valence-corrected chi connectivity index (χ0v) is 18.3. The number of ether oxygens (including phenoxy) is 2. The molecule has 0 saturated carbocycles. The number of aromatic hydroxyl groups is 1. The van der Waals surface area contributed by atoms with Gasteiger partial charge in [0, 0.05) is 25.8 Å². The second-order valence-corrected chi connectivity index (χ2v) is 8.15. The number of hydrogen-bond acceptors (Lipinski definition) is 6. The molecule has 0 radical (unpaired) electrons. The molecule has 0 saturated heterocycles. The van der Waals surface area contributed by atoms with Gasteiger partial charge in [-0.15, -0.1) is 0 Å². The zero-order valence-electron chi connectivity index (χ0n) is 17.5. The van der Waals surface area contributed by atoms with E-state index < -0.39 is 0 Å². The minimum atomic E-state index is 0.0113. The number of carbonyl (C=O) groups excluding carboxylic acids is 1. The molecule has 0 amide bonds. The number of nitrogens with zero attached hydrogens (tertiary/aromatic N) is 1. The second kappa shape index (κ2) is 12.3. The highest BCUT2D eigenvalue weighted by Gasteiger charge is 2.10. The van der Waals surface area contributed by atoms with Gasteiger partial charge in [0.1, 0.15) is 0 Å². The maximum atomic E-state index is 10.9. The van der Waals surface area contributed by atoms with Crippen molar-refractivity contribution in [3.05, 3.63) is 47.7 Å². The molecule has 29 heavy (non-hydrogen) atoms. The van der Waals surface area contributed by atoms with Crippen LogP contribution in [-0.4, -0.2) is 48.2 Å². The minimum Gasteiger partial charge on any atom is -0.502 e. The molecule has 2 rings (SSSR count). The van der Waals surface area contributed by atoms with E-state index in [4.69, 9.17) is 9.47 Å². The molecular formula is C23H31NO4S. The first-order valence-corrected chi connectivity index (χ1v) is 10.9. The van der Waals surface area contributed by atoms with Crippen LogP contribution < -0.4 is 9.47 Å². The molecule has 1 N–H and O–H groups in total. The summed E-state index contributed by atoms with van der Waals surface area (Å²) in [6.45, 7) is 3.58. The fourth-order valence-corrected chi connectivity index (χ4v) is 3.66. The number of carbonyl (C=O) groups is 1. The van der Waals surface area contributed by atoms with Crippen molar-refractivity contribution in [2.45, 2.75) is 32.6 Å². The van der Waals surface area contributed by atoms with E-state index in [1.807, 2.05) is 12.2 Å². The second-order valence-electron chi connectivity index (χ2n) is 6.88. The summed E-state index contributed by atoms with van der Waals surface area (Å²) in [4.78, 5) is 13.2. The predicted molar refractivity (Wildman–Crippen MR) is 121 cm³/mol. The van der Waals surface area contributed by atoms with Crippen molar-refractivity contribution in [1.29, 1.82) is 0 Å². The summed E-state index contributed by atoms with van der Waals surface area (Å²) in [6, 6.07) is 3.56. The molecule has 0 fully saturated rings. The SMILES string of the molecule is COc1cc(/C=C/C2=CCN(CCCCCCSC(C)=O)C=C2)cc(OC)c1O. The Kier molecular flexibility index (Phi) is 9.71. The van der Waals surface area contributed by atoms with E-state index in [1.54, 1.807) is 19.1 Å². The maximum Gasteiger partial charge on any atom is 0.200 e. The third kappa shape index (κ3) is 7.89. The molecule has 1 heterocycles. The van der Waals surface area contributed by atoms with Crippen molar-refractivity contribution < 1.29 is 19.4 Å². The van der Waals surface area contributed by atoms with Crippen LogP contribution in [0.5, 0.6) is 17.2 Å². The molecule has 6 heteroatoms. The largest absolute Gasteiger partial charge is 0.502 e. The van der Waals surface area contributed by atoms with Gasteiger partial charge in [-0.05, 0) is 48.4 Å². The summed E-state index contributed by atoms with van der Waals surface area (Å²) in [5.74, 6) is 1.74. The van der Waals surface area contributed by atoms with Gasteiger partial charge in [0.2, 0.25) is 5.75 Å². The number of thioether (sulfide) groups is 1. The van der Waals surface area contributed by atoms with Crippen molar-refractivity contribution in [3.8, 4) is 17.2 Å². The van der Waals surface area contributed by atoms with E-state index in [0.717, 1.165) is 36.4 Å². The van der Waals surface area contributed by atoms with Gasteiger partial charge >= 0.3 is 0 Å². The number of benzene rings is 1. The molecule has 0 spiro atoms. The average Bonchev–Trinajstić information content (AvgIpc) is 2.72. The van der Waals surface area contributed by atoms with Crippen LogP contribution in [0.1, 0.15) is 38.2 Å². The van der Waals surface area contributed by atoms with Gasteiger partial charge in [0.15, 0.2) is 16.6 Å². The molecule has 0 aliphatic carbocycles. The highest BCUT2D eigenvalue weighted by molar-refractivity contribution is 8.13. The van der Waals surface area contributed by atoms with E-state index in [0.29, 0.717) is 11.5 Å². The standard InChI is InChI=1S/C23H31NO4S/c1-18(25)29-15-7-5-4-6-12-24-13-10-19(11-14-24)8-9-20-16-21(27-2)23(26)22(17-20)28-3/h8-11,13,16-17,26H,4-7,12,14-15H2,1-3H3/b9-8+. The summed E-state index contributed by atoms with van der Waals surface area (Å²) in [6.07, 6.45) is 15.1. The lowest BCUT2D eigenvalue weighted by Gasteiger charge is -2.22. The van der Waals surface area contributed by atoms with Crippen LogP contribution >= 0.6 is 11.8 Å². The minimum absolute atomic E-state index is 0.0113. The fourth-order valence-electron chi connectivity index (χ4n) is 3.02. The quantitative estimate of drug-likeness (QED) is 0.510. The Balaban J connectivity index is 1.76. The van der Waals surface area contributed by atoms with Crippen LogP contribution in [0.25, 0.3) is 6.08 Å². The van der Waals surface area contributed by atoms with Gasteiger partial charge in [-0.25, -0.2) is 0 Å². The predicted octanol–water partition coefficient (Wildman–Crippen LogP) is 5.02. The number of methoxy groups -OCH3 is 2. The van der Waals surface area contributed by atoms with Crippen LogP contribution in [-0.2, 0) is 4.79 Å². The Morgan fingerprint density at radius 1 is 1.14 bits per heavy atom. The van der Waals surface area contributed by atoms with E-state index in [-0.39, 0.29) is 10.9 Å². The van der Waals surface area contributed by atoms with Crippen LogP contribution in [0.2, 0.25) is 0 Å². The molecule has 1 aromatic rings. The molecule has 1 aromatic carbocycles. The Labute approximate surface area is 178 Å². The number of allylic oxidation sites excluding steroid dienone is 3. The number of hydrogen-bond donors (Lipinski definition) is 1. The third-order valence-corrected chi connectivity index (χ3v) is 5.55. The molecule has 0 bridgehead atoms. The normalized spacial score (nSPS) is 13.6. The highest BCUT2D eigenvalue weighted by atomic mass is 32.2. The third-order valence-electron chi connectivity index (χ3n) is 4.65. The van der Waals surface area contributed by atoms with Gasteiger partial charge < -0.3 is 19.5 Å². The van der Waals surface area contributed by atoms with Crippen LogP contribution in [0, 0.1) is 0 Å². The first-order chi connectivity index (χ1) is 14.0. The Bertz CT molecular complexity index is 745. The van der Waals surface area contributed by atoms with E-state index >= 15 is 0 Å². The van der Waals surface area contributed by atoms with Gasteiger partial charge in [-0.1, -0.05) is 42.8 Å². The smallest absolute Gasteiger partial charge is 0.200 e. The number of phenolic OH excluding ortho intramolecular Hbond substituents is 1. The van der Waals surface area contributed by atoms with Crippen molar-refractivity contribution in [3.63, 3.8) is 0 Å². The van der Waals surface area contributed by atoms with E-state index in [9.17, 15) is 9.90 Å². The van der Waals surface area contributed by atoms with Crippen molar-refractivity contribution in [2.24, 2.45) is 0 Å². The summed E-state index contributed by atoms with van der Waals surface area (Å²) < 4.78 is 10.4. The maximum absolute atomic E-state index is 10.9. The van der Waals surface area contributed by atoms with E-state index in [1.165, 1.54) is 45.2 Å². The molecule has 1 aliphatic rings. The Morgan fingerprint density at radius 2 is 1.83 bits per heavy atom. The molecule has 1 aliphatic heterocycles. The molecule has 0 unspecified atom stereocenters. The van der Waals surface area contributed by atoms with Crippen LogP contribution in [0.4, 0.5) is 0 Å². The summed E-state index contributed by atoms with van der Waals surface area (Å²) in [7, 11) is 3.04. The van der Waals surface area contributed by atoms with Crippen molar-refractivity contribution in [2.75, 3.05) is 33.1 Å². The van der Waals surface area contributed by atoms with Crippen LogP contribution in [0.15, 0.2) is 42.1 Å². The zero-order chi connectivity index (χ0) is 21.1. The molecular weight excluding hydrogens is 386 g/mol. The van der Waals surface area contributed by atoms with Gasteiger partial charge in [0.05, 0.1) is 14.2 Å². The molecule has 0 aromatic heterocycles. The average molecular weight is 418 g/mol. The Hall–Kier alpha value is -2.34. The summed E-state index contributed by atoms with van der Waals surface area (Å²) in [5.41, 5.74) is 2.05.